The predicted molar refractivity (Wildman–Crippen MR) is 52.5 cm³/mol. The fourth-order valence-corrected chi connectivity index (χ4v) is 1.04. The lowest BCUT2D eigenvalue weighted by Crippen LogP contribution is -2.09. The fraction of sp³-hybridized carbons (Fsp3) is 0.375. The molecule has 0 aliphatic carbocycles. The van der Waals surface area contributed by atoms with Crippen LogP contribution in [0.1, 0.15) is 17.4 Å². The summed E-state index contributed by atoms with van der Waals surface area (Å²) in [6.07, 6.45) is 0. The molecule has 1 heterocycles. The molecule has 14 heavy (non-hydrogen) atoms. The van der Waals surface area contributed by atoms with E-state index in [0.717, 1.165) is 0 Å². The number of carbonyl (C=O) groups excluding carboxylic acids is 1. The number of rotatable bonds is 3. The Bertz CT molecular complexity index is 343. The van der Waals surface area contributed by atoms with Crippen LogP contribution in [-0.2, 0) is 4.74 Å². The first-order valence-electron chi connectivity index (χ1n) is 4.06. The molecule has 0 spiro atoms. The Balaban J connectivity index is 2.96. The second kappa shape index (κ2) is 4.76. The van der Waals surface area contributed by atoms with E-state index in [1.807, 2.05) is 0 Å². The molecule has 0 bridgehead atoms. The van der Waals surface area contributed by atoms with Gasteiger partial charge >= 0.3 is 5.97 Å². The molecule has 76 valence electrons. The van der Waals surface area contributed by atoms with Gasteiger partial charge in [0, 0.05) is 13.1 Å². The fourth-order valence-electron chi connectivity index (χ4n) is 0.856. The summed E-state index contributed by atoms with van der Waals surface area (Å²) in [5, 5.41) is 2.78. The Morgan fingerprint density at radius 2 is 2.36 bits per heavy atom. The van der Waals surface area contributed by atoms with Gasteiger partial charge in [-0.3, -0.25) is 0 Å². The van der Waals surface area contributed by atoms with Gasteiger partial charge in [-0.05, 0) is 18.5 Å². The second-order valence-corrected chi connectivity index (χ2v) is 2.72. The highest BCUT2D eigenvalue weighted by molar-refractivity contribution is 6.28. The van der Waals surface area contributed by atoms with E-state index in [2.05, 4.69) is 15.3 Å². The minimum atomic E-state index is -0.506. The number of hydrogen-bond acceptors (Lipinski definition) is 5. The number of carbonyl (C=O) groups is 1. The number of nitrogens with one attached hydrogen (secondary N) is 1. The first-order valence-corrected chi connectivity index (χ1v) is 4.44. The van der Waals surface area contributed by atoms with Gasteiger partial charge < -0.3 is 10.1 Å². The van der Waals surface area contributed by atoms with Gasteiger partial charge in [-0.1, -0.05) is 0 Å². The van der Waals surface area contributed by atoms with Crippen LogP contribution in [0, 0.1) is 0 Å². The van der Waals surface area contributed by atoms with E-state index in [4.69, 9.17) is 16.3 Å². The van der Waals surface area contributed by atoms with E-state index in [1.54, 1.807) is 14.0 Å². The molecule has 0 aliphatic heterocycles. The van der Waals surface area contributed by atoms with E-state index in [1.165, 1.54) is 6.07 Å². The number of esters is 1. The zero-order chi connectivity index (χ0) is 10.6. The van der Waals surface area contributed by atoms with Gasteiger partial charge in [0.2, 0.25) is 5.28 Å². The van der Waals surface area contributed by atoms with Crippen molar-refractivity contribution >= 4 is 23.4 Å². The first-order chi connectivity index (χ1) is 6.67. The molecule has 0 saturated heterocycles. The van der Waals surface area contributed by atoms with Crippen LogP contribution in [0.3, 0.4) is 0 Å². The van der Waals surface area contributed by atoms with Gasteiger partial charge in [0.15, 0.2) is 5.69 Å². The van der Waals surface area contributed by atoms with Crippen LogP contribution < -0.4 is 5.32 Å². The maximum absolute atomic E-state index is 11.3. The number of hydrogen-bond donors (Lipinski definition) is 1. The largest absolute Gasteiger partial charge is 0.461 e. The predicted octanol–water partition coefficient (Wildman–Crippen LogP) is 1.35. The Hall–Kier alpha value is -1.36. The smallest absolute Gasteiger partial charge is 0.357 e. The van der Waals surface area contributed by atoms with Crippen LogP contribution in [0.5, 0.6) is 0 Å². The highest BCUT2D eigenvalue weighted by atomic mass is 35.5. The maximum atomic E-state index is 11.3. The van der Waals surface area contributed by atoms with E-state index in [-0.39, 0.29) is 11.0 Å². The van der Waals surface area contributed by atoms with E-state index >= 15 is 0 Å². The third-order valence-corrected chi connectivity index (χ3v) is 1.61. The molecule has 0 saturated carbocycles. The van der Waals surface area contributed by atoms with Crippen LogP contribution in [0.15, 0.2) is 6.07 Å². The van der Waals surface area contributed by atoms with Crippen LogP contribution in [0.25, 0.3) is 0 Å². The van der Waals surface area contributed by atoms with Gasteiger partial charge in [-0.25, -0.2) is 14.8 Å². The number of halogens is 1. The summed E-state index contributed by atoms with van der Waals surface area (Å²) in [6, 6.07) is 1.48. The molecule has 0 aliphatic rings. The summed E-state index contributed by atoms with van der Waals surface area (Å²) in [6.45, 7) is 2.02. The number of nitrogens with zero attached hydrogens (tertiary/aromatic N) is 2. The normalized spacial score (nSPS) is 9.64. The Kier molecular flexibility index (Phi) is 3.64. The Morgan fingerprint density at radius 1 is 1.64 bits per heavy atom. The van der Waals surface area contributed by atoms with Gasteiger partial charge in [-0.15, -0.1) is 0 Å². The minimum absolute atomic E-state index is 0.0138. The van der Waals surface area contributed by atoms with Crippen molar-refractivity contribution in [2.45, 2.75) is 6.92 Å². The van der Waals surface area contributed by atoms with Crippen molar-refractivity contribution in [1.29, 1.82) is 0 Å². The van der Waals surface area contributed by atoms with Crippen molar-refractivity contribution in [1.82, 2.24) is 9.97 Å². The standard InChI is InChI=1S/C8H10ClN3O2/c1-3-14-7(13)5-4-6(10-2)12-8(9)11-5/h4H,3H2,1-2H3,(H,10,11,12). The van der Waals surface area contributed by atoms with E-state index in [0.29, 0.717) is 12.4 Å². The monoisotopic (exact) mass is 215 g/mol. The molecule has 6 heteroatoms. The molecule has 0 radical (unpaired) electrons. The lowest BCUT2D eigenvalue weighted by Gasteiger charge is -2.03. The molecular weight excluding hydrogens is 206 g/mol. The summed E-state index contributed by atoms with van der Waals surface area (Å²) in [7, 11) is 1.67. The Labute approximate surface area is 86.5 Å². The van der Waals surface area contributed by atoms with Gasteiger partial charge in [0.25, 0.3) is 0 Å². The molecule has 1 aromatic rings. The summed E-state index contributed by atoms with van der Waals surface area (Å²) < 4.78 is 4.77. The summed E-state index contributed by atoms with van der Waals surface area (Å²) >= 11 is 5.60. The van der Waals surface area contributed by atoms with Gasteiger partial charge in [0.1, 0.15) is 5.82 Å². The van der Waals surface area contributed by atoms with Crippen molar-refractivity contribution in [3.05, 3.63) is 17.0 Å². The average Bonchev–Trinajstić information content (AvgIpc) is 2.17. The minimum Gasteiger partial charge on any atom is -0.461 e. The quantitative estimate of drug-likeness (QED) is 0.609. The lowest BCUT2D eigenvalue weighted by molar-refractivity contribution is 0.0519. The van der Waals surface area contributed by atoms with Crippen molar-refractivity contribution in [3.8, 4) is 0 Å². The van der Waals surface area contributed by atoms with Crippen molar-refractivity contribution in [3.63, 3.8) is 0 Å². The molecule has 0 aromatic carbocycles. The van der Waals surface area contributed by atoms with Crippen LogP contribution in [-0.4, -0.2) is 29.6 Å². The van der Waals surface area contributed by atoms with E-state index in [9.17, 15) is 4.79 Å². The third kappa shape index (κ3) is 2.56. The molecule has 0 atom stereocenters. The summed E-state index contributed by atoms with van der Waals surface area (Å²) in [4.78, 5) is 18.8. The molecule has 0 amide bonds. The number of anilines is 1. The van der Waals surface area contributed by atoms with Crippen LogP contribution in [0.4, 0.5) is 5.82 Å². The van der Waals surface area contributed by atoms with Gasteiger partial charge in [0.05, 0.1) is 6.61 Å². The van der Waals surface area contributed by atoms with Crippen LogP contribution >= 0.6 is 11.6 Å². The summed E-state index contributed by atoms with van der Waals surface area (Å²) in [5.41, 5.74) is 0.149. The molecule has 1 rings (SSSR count). The molecule has 1 N–H and O–H groups in total. The first kappa shape index (κ1) is 10.7. The highest BCUT2D eigenvalue weighted by Gasteiger charge is 2.10. The number of ether oxygens (including phenoxy) is 1. The number of aromatic nitrogens is 2. The van der Waals surface area contributed by atoms with Crippen molar-refractivity contribution in [2.75, 3.05) is 19.0 Å². The molecular formula is C8H10ClN3O2. The lowest BCUT2D eigenvalue weighted by atomic mass is 10.4. The molecule has 0 unspecified atom stereocenters. The zero-order valence-electron chi connectivity index (χ0n) is 7.87. The van der Waals surface area contributed by atoms with Crippen molar-refractivity contribution in [2.24, 2.45) is 0 Å². The van der Waals surface area contributed by atoms with Gasteiger partial charge in [-0.2, -0.15) is 0 Å². The maximum Gasteiger partial charge on any atom is 0.357 e. The summed E-state index contributed by atoms with van der Waals surface area (Å²) in [5.74, 6) is -0.0265. The second-order valence-electron chi connectivity index (χ2n) is 2.38. The van der Waals surface area contributed by atoms with E-state index < -0.39 is 5.97 Å². The average molecular weight is 216 g/mol. The molecule has 0 fully saturated rings. The molecule has 5 nitrogen and oxygen atoms in total. The highest BCUT2D eigenvalue weighted by Crippen LogP contribution is 2.10. The zero-order valence-corrected chi connectivity index (χ0v) is 8.63. The molecule has 1 aromatic heterocycles. The van der Waals surface area contributed by atoms with Crippen LogP contribution in [0.2, 0.25) is 5.28 Å². The topological polar surface area (TPSA) is 64.1 Å². The Morgan fingerprint density at radius 3 is 2.93 bits per heavy atom. The SMILES string of the molecule is CCOC(=O)c1cc(NC)nc(Cl)n1. The van der Waals surface area contributed by atoms with Crippen molar-refractivity contribution < 1.29 is 9.53 Å². The third-order valence-electron chi connectivity index (χ3n) is 1.44.